The number of primary amides is 1. The van der Waals surface area contributed by atoms with Crippen molar-refractivity contribution in [3.8, 4) is 0 Å². The number of carbonyl (C=O) groups is 1. The van der Waals surface area contributed by atoms with Gasteiger partial charge in [0.2, 0.25) is 5.91 Å². The molecule has 1 aromatic rings. The van der Waals surface area contributed by atoms with Crippen LogP contribution < -0.4 is 11.1 Å². The number of likely N-dealkylation sites (tertiary alicyclic amines) is 1. The van der Waals surface area contributed by atoms with Gasteiger partial charge in [-0.1, -0.05) is 30.3 Å². The van der Waals surface area contributed by atoms with Crippen molar-refractivity contribution in [1.29, 1.82) is 0 Å². The van der Waals surface area contributed by atoms with Crippen LogP contribution in [0.25, 0.3) is 0 Å². The van der Waals surface area contributed by atoms with Crippen LogP contribution >= 0.6 is 24.0 Å². The van der Waals surface area contributed by atoms with Crippen LogP contribution in [0.5, 0.6) is 0 Å². The maximum absolute atomic E-state index is 11.2. The molecule has 6 nitrogen and oxygen atoms in total. The molecule has 0 bridgehead atoms. The Morgan fingerprint density at radius 3 is 2.79 bits per heavy atom. The van der Waals surface area contributed by atoms with Crippen LogP contribution in [-0.2, 0) is 11.3 Å². The number of hydrogen-bond donors (Lipinski definition) is 2. The van der Waals surface area contributed by atoms with Crippen LogP contribution in [0.15, 0.2) is 35.3 Å². The molecule has 3 N–H and O–H groups in total. The van der Waals surface area contributed by atoms with Gasteiger partial charge in [0.05, 0.1) is 0 Å². The molecule has 7 heteroatoms. The SMILES string of the molecule is CCNC(=NCCCN(C)Cc1ccccc1)N1CCCC(CC(N)=O)C1.I. The lowest BCUT2D eigenvalue weighted by atomic mass is 9.95. The lowest BCUT2D eigenvalue weighted by Gasteiger charge is -2.34. The van der Waals surface area contributed by atoms with E-state index in [1.165, 1.54) is 5.56 Å². The molecule has 0 aliphatic carbocycles. The molecule has 0 spiro atoms. The molecule has 1 aliphatic rings. The first-order valence-corrected chi connectivity index (χ1v) is 10.1. The molecule has 1 saturated heterocycles. The quantitative estimate of drug-likeness (QED) is 0.236. The zero-order chi connectivity index (χ0) is 19.5. The summed E-state index contributed by atoms with van der Waals surface area (Å²) in [6, 6.07) is 10.5. The van der Waals surface area contributed by atoms with E-state index in [0.717, 1.165) is 64.5 Å². The van der Waals surface area contributed by atoms with E-state index in [1.807, 2.05) is 0 Å². The van der Waals surface area contributed by atoms with Gasteiger partial charge in [0.25, 0.3) is 0 Å². The highest BCUT2D eigenvalue weighted by molar-refractivity contribution is 14.0. The van der Waals surface area contributed by atoms with E-state index in [1.54, 1.807) is 0 Å². The van der Waals surface area contributed by atoms with E-state index >= 15 is 0 Å². The lowest BCUT2D eigenvalue weighted by molar-refractivity contribution is -0.119. The normalized spacial score (nSPS) is 17.3. The van der Waals surface area contributed by atoms with Crippen molar-refractivity contribution < 1.29 is 4.79 Å². The second kappa shape index (κ2) is 13.8. The minimum absolute atomic E-state index is 0. The largest absolute Gasteiger partial charge is 0.370 e. The van der Waals surface area contributed by atoms with E-state index in [2.05, 4.69) is 59.4 Å². The number of nitrogens with two attached hydrogens (primary N) is 1. The van der Waals surface area contributed by atoms with Crippen molar-refractivity contribution in [3.63, 3.8) is 0 Å². The van der Waals surface area contributed by atoms with E-state index in [4.69, 9.17) is 10.7 Å². The van der Waals surface area contributed by atoms with Gasteiger partial charge < -0.3 is 20.9 Å². The van der Waals surface area contributed by atoms with Gasteiger partial charge in [-0.2, -0.15) is 0 Å². The summed E-state index contributed by atoms with van der Waals surface area (Å²) in [5.41, 5.74) is 6.72. The Labute approximate surface area is 187 Å². The predicted molar refractivity (Wildman–Crippen MR) is 127 cm³/mol. The molecule has 0 aromatic heterocycles. The number of guanidine groups is 1. The Hall–Kier alpha value is -1.35. The highest BCUT2D eigenvalue weighted by atomic mass is 127. The molecule has 1 unspecified atom stereocenters. The van der Waals surface area contributed by atoms with Crippen molar-refractivity contribution in [1.82, 2.24) is 15.1 Å². The first-order chi connectivity index (χ1) is 13.1. The molecule has 2 rings (SSSR count). The highest BCUT2D eigenvalue weighted by Crippen LogP contribution is 2.19. The third-order valence-electron chi connectivity index (χ3n) is 4.90. The molecule has 1 aliphatic heterocycles. The Balaban J connectivity index is 0.00000392. The van der Waals surface area contributed by atoms with Crippen molar-refractivity contribution >= 4 is 35.8 Å². The van der Waals surface area contributed by atoms with Crippen molar-refractivity contribution in [2.24, 2.45) is 16.6 Å². The molecule has 1 heterocycles. The average Bonchev–Trinajstić information content (AvgIpc) is 2.65. The summed E-state index contributed by atoms with van der Waals surface area (Å²) in [4.78, 5) is 20.7. The molecule has 158 valence electrons. The zero-order valence-corrected chi connectivity index (χ0v) is 19.6. The van der Waals surface area contributed by atoms with E-state index in [9.17, 15) is 4.79 Å². The van der Waals surface area contributed by atoms with Gasteiger partial charge in [-0.05, 0) is 51.3 Å². The lowest BCUT2D eigenvalue weighted by Crippen LogP contribution is -2.47. The fourth-order valence-electron chi connectivity index (χ4n) is 3.63. The van der Waals surface area contributed by atoms with Gasteiger partial charge in [-0.25, -0.2) is 0 Å². The number of benzene rings is 1. The van der Waals surface area contributed by atoms with Crippen molar-refractivity contribution in [3.05, 3.63) is 35.9 Å². The number of piperidine rings is 1. The second-order valence-corrected chi connectivity index (χ2v) is 7.44. The maximum Gasteiger partial charge on any atom is 0.217 e. The van der Waals surface area contributed by atoms with Crippen LogP contribution in [0.3, 0.4) is 0 Å². The van der Waals surface area contributed by atoms with Gasteiger partial charge >= 0.3 is 0 Å². The number of hydrogen-bond acceptors (Lipinski definition) is 3. The van der Waals surface area contributed by atoms with Gasteiger partial charge in [0, 0.05) is 39.1 Å². The number of nitrogens with zero attached hydrogens (tertiary/aromatic N) is 3. The predicted octanol–water partition coefficient (Wildman–Crippen LogP) is 2.68. The number of halogens is 1. The van der Waals surface area contributed by atoms with E-state index in [-0.39, 0.29) is 29.9 Å². The first-order valence-electron chi connectivity index (χ1n) is 10.1. The topological polar surface area (TPSA) is 74.0 Å². The molecule has 1 atom stereocenters. The van der Waals surface area contributed by atoms with E-state index < -0.39 is 0 Å². The Bertz CT molecular complexity index is 596. The molecule has 1 aromatic carbocycles. The number of amides is 1. The molecule has 1 fully saturated rings. The number of rotatable bonds is 9. The van der Waals surface area contributed by atoms with Crippen LogP contribution in [-0.4, -0.2) is 61.4 Å². The van der Waals surface area contributed by atoms with Gasteiger partial charge in [0.15, 0.2) is 5.96 Å². The smallest absolute Gasteiger partial charge is 0.217 e. The molecular weight excluding hydrogens is 465 g/mol. The summed E-state index contributed by atoms with van der Waals surface area (Å²) in [5.74, 6) is 1.11. The molecule has 0 saturated carbocycles. The van der Waals surface area contributed by atoms with Crippen LogP contribution in [0.1, 0.15) is 38.2 Å². The van der Waals surface area contributed by atoms with E-state index in [0.29, 0.717) is 12.3 Å². The van der Waals surface area contributed by atoms with Crippen LogP contribution in [0.2, 0.25) is 0 Å². The number of aliphatic imine (C=N–C) groups is 1. The summed E-state index contributed by atoms with van der Waals surface area (Å²) in [5, 5.41) is 3.40. The molecule has 0 radical (unpaired) electrons. The van der Waals surface area contributed by atoms with Crippen LogP contribution in [0, 0.1) is 5.92 Å². The number of nitrogens with one attached hydrogen (secondary N) is 1. The van der Waals surface area contributed by atoms with Crippen LogP contribution in [0.4, 0.5) is 0 Å². The average molecular weight is 501 g/mol. The third-order valence-corrected chi connectivity index (χ3v) is 4.90. The summed E-state index contributed by atoms with van der Waals surface area (Å²) in [6.07, 6.45) is 3.66. The van der Waals surface area contributed by atoms with Gasteiger partial charge in [-0.3, -0.25) is 9.79 Å². The van der Waals surface area contributed by atoms with Gasteiger partial charge in [-0.15, -0.1) is 24.0 Å². The summed E-state index contributed by atoms with van der Waals surface area (Å²) in [7, 11) is 2.15. The third kappa shape index (κ3) is 9.23. The summed E-state index contributed by atoms with van der Waals surface area (Å²) < 4.78 is 0. The Morgan fingerprint density at radius 1 is 1.36 bits per heavy atom. The zero-order valence-electron chi connectivity index (χ0n) is 17.3. The molecular formula is C21H36IN5O. The minimum Gasteiger partial charge on any atom is -0.370 e. The highest BCUT2D eigenvalue weighted by Gasteiger charge is 2.23. The second-order valence-electron chi connectivity index (χ2n) is 7.44. The summed E-state index contributed by atoms with van der Waals surface area (Å²) in [6.45, 7) is 7.58. The fourth-order valence-corrected chi connectivity index (χ4v) is 3.63. The standard InChI is InChI=1S/C21H35N5O.HI/c1-3-23-21(26-14-7-11-19(17-26)15-20(22)27)24-12-8-13-25(2)16-18-9-5-4-6-10-18;/h4-6,9-10,19H,3,7-8,11-17H2,1-2H3,(H2,22,27)(H,23,24);1H. The molecule has 1 amide bonds. The molecule has 28 heavy (non-hydrogen) atoms. The summed E-state index contributed by atoms with van der Waals surface area (Å²) >= 11 is 0. The fraction of sp³-hybridized carbons (Fsp3) is 0.619. The number of carbonyl (C=O) groups excluding carboxylic acids is 1. The Morgan fingerprint density at radius 2 is 2.11 bits per heavy atom. The monoisotopic (exact) mass is 501 g/mol. The van der Waals surface area contributed by atoms with Crippen molar-refractivity contribution in [2.75, 3.05) is 39.8 Å². The van der Waals surface area contributed by atoms with Crippen molar-refractivity contribution in [2.45, 2.75) is 39.2 Å². The maximum atomic E-state index is 11.2. The van der Waals surface area contributed by atoms with Gasteiger partial charge in [0.1, 0.15) is 0 Å². The Kier molecular flexibility index (Phi) is 12.1. The first kappa shape index (κ1) is 24.7. The minimum atomic E-state index is -0.203.